The van der Waals surface area contributed by atoms with Crippen molar-refractivity contribution in [3.63, 3.8) is 0 Å². The number of carbonyl (C=O) groups excluding carboxylic acids is 1. The number of ether oxygens (including phenoxy) is 1. The Morgan fingerprint density at radius 1 is 1.26 bits per heavy atom. The van der Waals surface area contributed by atoms with E-state index in [2.05, 4.69) is 27.6 Å². The summed E-state index contributed by atoms with van der Waals surface area (Å²) in [4.78, 5) is 15.7. The van der Waals surface area contributed by atoms with Crippen LogP contribution in [0, 0.1) is 17.4 Å². The molecule has 4 nitrogen and oxygen atoms in total. The molecule has 2 rings (SSSR count). The fourth-order valence-corrected chi connectivity index (χ4v) is 2.16. The Labute approximate surface area is 125 Å². The van der Waals surface area contributed by atoms with Crippen LogP contribution in [-0.2, 0) is 0 Å². The Kier molecular flexibility index (Phi) is 4.04. The maximum atomic E-state index is 11.5. The van der Waals surface area contributed by atoms with E-state index < -0.39 is 5.91 Å². The van der Waals surface area contributed by atoms with Gasteiger partial charge in [-0.1, -0.05) is 0 Å². The summed E-state index contributed by atoms with van der Waals surface area (Å²) in [6.07, 6.45) is 0. The minimum Gasteiger partial charge on any atom is -0.456 e. The fraction of sp³-hybridized carbons (Fsp3) is 0.143. The van der Waals surface area contributed by atoms with Gasteiger partial charge in [0.1, 0.15) is 17.1 Å². The van der Waals surface area contributed by atoms with Gasteiger partial charge in [0.15, 0.2) is 0 Å². The van der Waals surface area contributed by atoms with Gasteiger partial charge in [0.25, 0.3) is 5.91 Å². The minimum atomic E-state index is -0.537. The van der Waals surface area contributed by atoms with E-state index in [9.17, 15) is 4.79 Å². The number of aryl methyl sites for hydroxylation is 2. The van der Waals surface area contributed by atoms with Crippen molar-refractivity contribution in [2.75, 3.05) is 0 Å². The molecule has 0 fully saturated rings. The van der Waals surface area contributed by atoms with Gasteiger partial charge in [-0.15, -0.1) is 0 Å². The molecular weight excluding hydrogens is 355 g/mol. The lowest BCUT2D eigenvalue weighted by molar-refractivity contribution is 0.0997. The molecule has 19 heavy (non-hydrogen) atoms. The highest BCUT2D eigenvalue weighted by Crippen LogP contribution is 2.27. The molecule has 0 aliphatic rings. The zero-order valence-corrected chi connectivity index (χ0v) is 12.8. The molecule has 0 radical (unpaired) electrons. The highest BCUT2D eigenvalue weighted by atomic mass is 127. The van der Waals surface area contributed by atoms with Gasteiger partial charge in [-0.3, -0.25) is 9.78 Å². The van der Waals surface area contributed by atoms with Crippen molar-refractivity contribution in [2.45, 2.75) is 13.8 Å². The van der Waals surface area contributed by atoms with Crippen molar-refractivity contribution in [3.8, 4) is 11.5 Å². The number of rotatable bonds is 3. The van der Waals surface area contributed by atoms with E-state index in [-0.39, 0.29) is 0 Å². The number of hydrogen-bond acceptors (Lipinski definition) is 3. The Morgan fingerprint density at radius 3 is 2.47 bits per heavy atom. The van der Waals surface area contributed by atoms with E-state index in [1.807, 2.05) is 31.2 Å². The average Bonchev–Trinajstić information content (AvgIpc) is 2.30. The Morgan fingerprint density at radius 2 is 1.89 bits per heavy atom. The number of benzene rings is 1. The lowest BCUT2D eigenvalue weighted by Crippen LogP contribution is -2.15. The lowest BCUT2D eigenvalue weighted by atomic mass is 10.1. The second kappa shape index (κ2) is 5.56. The van der Waals surface area contributed by atoms with Crippen LogP contribution in [0.25, 0.3) is 0 Å². The molecule has 0 aliphatic heterocycles. The topological polar surface area (TPSA) is 65.2 Å². The zero-order valence-electron chi connectivity index (χ0n) is 10.6. The fourth-order valence-electron chi connectivity index (χ4n) is 1.80. The molecule has 1 aromatic heterocycles. The SMILES string of the molecule is Cc1cc(Oc2ccc(I)cc2)c(C(N)=O)c(C)n1. The second-order valence-corrected chi connectivity index (χ2v) is 5.39. The van der Waals surface area contributed by atoms with Gasteiger partial charge in [0.05, 0.1) is 5.69 Å². The first-order valence-corrected chi connectivity index (χ1v) is 6.76. The van der Waals surface area contributed by atoms with E-state index >= 15 is 0 Å². The van der Waals surface area contributed by atoms with Gasteiger partial charge in [-0.25, -0.2) is 0 Å². The number of primary amides is 1. The van der Waals surface area contributed by atoms with Gasteiger partial charge in [0, 0.05) is 15.3 Å². The maximum absolute atomic E-state index is 11.5. The number of pyridine rings is 1. The normalized spacial score (nSPS) is 10.3. The van der Waals surface area contributed by atoms with Crippen LogP contribution in [0.15, 0.2) is 30.3 Å². The summed E-state index contributed by atoms with van der Waals surface area (Å²) < 4.78 is 6.86. The first-order valence-electron chi connectivity index (χ1n) is 5.69. The first kappa shape index (κ1) is 13.8. The third-order valence-corrected chi connectivity index (χ3v) is 3.30. The molecule has 1 heterocycles. The van der Waals surface area contributed by atoms with Crippen LogP contribution in [0.5, 0.6) is 11.5 Å². The Balaban J connectivity index is 2.44. The lowest BCUT2D eigenvalue weighted by Gasteiger charge is -2.12. The molecule has 98 valence electrons. The molecule has 0 atom stereocenters. The Hall–Kier alpha value is -1.63. The molecule has 0 aliphatic carbocycles. The highest BCUT2D eigenvalue weighted by Gasteiger charge is 2.15. The third-order valence-electron chi connectivity index (χ3n) is 2.58. The summed E-state index contributed by atoms with van der Waals surface area (Å²) in [6.45, 7) is 3.59. The molecule has 0 bridgehead atoms. The van der Waals surface area contributed by atoms with Crippen molar-refractivity contribution < 1.29 is 9.53 Å². The van der Waals surface area contributed by atoms with Crippen LogP contribution in [0.3, 0.4) is 0 Å². The summed E-state index contributed by atoms with van der Waals surface area (Å²) in [5, 5.41) is 0. The maximum Gasteiger partial charge on any atom is 0.254 e. The predicted octanol–water partition coefficient (Wildman–Crippen LogP) is 3.19. The van der Waals surface area contributed by atoms with Crippen LogP contribution in [0.1, 0.15) is 21.7 Å². The summed E-state index contributed by atoms with van der Waals surface area (Å²) in [6, 6.07) is 9.27. The number of amides is 1. The quantitative estimate of drug-likeness (QED) is 0.847. The van der Waals surface area contributed by atoms with E-state index in [0.29, 0.717) is 22.8 Å². The van der Waals surface area contributed by atoms with Crippen LogP contribution in [0.2, 0.25) is 0 Å². The van der Waals surface area contributed by atoms with Crippen molar-refractivity contribution in [1.82, 2.24) is 4.98 Å². The van der Waals surface area contributed by atoms with Gasteiger partial charge in [0.2, 0.25) is 0 Å². The third kappa shape index (κ3) is 3.23. The molecule has 5 heteroatoms. The molecular formula is C14H13IN2O2. The number of nitrogens with two attached hydrogens (primary N) is 1. The number of carbonyl (C=O) groups is 1. The molecule has 2 N–H and O–H groups in total. The van der Waals surface area contributed by atoms with Crippen LogP contribution >= 0.6 is 22.6 Å². The van der Waals surface area contributed by atoms with E-state index in [1.165, 1.54) is 0 Å². The van der Waals surface area contributed by atoms with Crippen LogP contribution in [0.4, 0.5) is 0 Å². The molecule has 0 saturated carbocycles. The summed E-state index contributed by atoms with van der Waals surface area (Å²) in [5.41, 5.74) is 7.06. The van der Waals surface area contributed by atoms with Gasteiger partial charge >= 0.3 is 0 Å². The molecule has 0 unspecified atom stereocenters. The highest BCUT2D eigenvalue weighted by molar-refractivity contribution is 14.1. The first-order chi connectivity index (χ1) is 8.97. The largest absolute Gasteiger partial charge is 0.456 e. The Bertz CT molecular complexity index is 624. The summed E-state index contributed by atoms with van der Waals surface area (Å²) in [5.74, 6) is 0.567. The average molecular weight is 368 g/mol. The van der Waals surface area contributed by atoms with Crippen molar-refractivity contribution >= 4 is 28.5 Å². The summed E-state index contributed by atoms with van der Waals surface area (Å²) >= 11 is 2.22. The summed E-state index contributed by atoms with van der Waals surface area (Å²) in [7, 11) is 0. The zero-order chi connectivity index (χ0) is 14.0. The van der Waals surface area contributed by atoms with Crippen LogP contribution < -0.4 is 10.5 Å². The number of hydrogen-bond donors (Lipinski definition) is 1. The minimum absolute atomic E-state index is 0.323. The molecule has 0 spiro atoms. The van der Waals surface area contributed by atoms with Crippen molar-refractivity contribution in [3.05, 3.63) is 50.9 Å². The van der Waals surface area contributed by atoms with Crippen molar-refractivity contribution in [2.24, 2.45) is 5.73 Å². The monoisotopic (exact) mass is 368 g/mol. The number of aromatic nitrogens is 1. The predicted molar refractivity (Wildman–Crippen MR) is 81.5 cm³/mol. The molecule has 1 amide bonds. The van der Waals surface area contributed by atoms with E-state index in [4.69, 9.17) is 10.5 Å². The molecule has 1 aromatic carbocycles. The van der Waals surface area contributed by atoms with E-state index in [0.717, 1.165) is 9.26 Å². The molecule has 2 aromatic rings. The smallest absolute Gasteiger partial charge is 0.254 e. The number of halogens is 1. The molecule has 0 saturated heterocycles. The second-order valence-electron chi connectivity index (χ2n) is 4.14. The van der Waals surface area contributed by atoms with E-state index in [1.54, 1.807) is 13.0 Å². The number of nitrogens with zero attached hydrogens (tertiary/aromatic N) is 1. The standard InChI is InChI=1S/C14H13IN2O2/c1-8-7-12(13(14(16)18)9(2)17-8)19-11-5-3-10(15)4-6-11/h3-7H,1-2H3,(H2,16,18). The van der Waals surface area contributed by atoms with Gasteiger partial charge < -0.3 is 10.5 Å². The van der Waals surface area contributed by atoms with Crippen LogP contribution in [-0.4, -0.2) is 10.9 Å². The van der Waals surface area contributed by atoms with Crippen molar-refractivity contribution in [1.29, 1.82) is 0 Å². The van der Waals surface area contributed by atoms with Gasteiger partial charge in [-0.2, -0.15) is 0 Å². The van der Waals surface area contributed by atoms with Gasteiger partial charge in [-0.05, 0) is 60.7 Å².